The minimum Gasteiger partial charge on any atom is -0.480 e. The molecule has 2 N–H and O–H groups in total. The standard InChI is InChI=1S/C14H16BrNO4/c1-3-7-20-8-11(14(18)19)16-13(17)10-6-4-5-9(2)12(10)15/h3-6,11H,1,7-8H2,2H3,(H,16,17)(H,18,19). The summed E-state index contributed by atoms with van der Waals surface area (Å²) < 4.78 is 5.72. The smallest absolute Gasteiger partial charge is 0.328 e. The van der Waals surface area contributed by atoms with Gasteiger partial charge in [-0.2, -0.15) is 0 Å². The van der Waals surface area contributed by atoms with Crippen molar-refractivity contribution in [3.05, 3.63) is 46.5 Å². The summed E-state index contributed by atoms with van der Waals surface area (Å²) in [7, 11) is 0. The Morgan fingerprint density at radius 1 is 1.55 bits per heavy atom. The van der Waals surface area contributed by atoms with Gasteiger partial charge in [0.25, 0.3) is 5.91 Å². The van der Waals surface area contributed by atoms with Gasteiger partial charge in [-0.3, -0.25) is 4.79 Å². The summed E-state index contributed by atoms with van der Waals surface area (Å²) >= 11 is 3.32. The molecule has 0 radical (unpaired) electrons. The first kappa shape index (κ1) is 16.4. The Morgan fingerprint density at radius 3 is 2.85 bits per heavy atom. The number of aryl methyl sites for hydroxylation is 1. The Balaban J connectivity index is 2.77. The Bertz CT molecular complexity index is 516. The van der Waals surface area contributed by atoms with Crippen LogP contribution in [0.4, 0.5) is 0 Å². The van der Waals surface area contributed by atoms with Gasteiger partial charge in [0.2, 0.25) is 0 Å². The fourth-order valence-electron chi connectivity index (χ4n) is 1.50. The minimum atomic E-state index is -1.15. The van der Waals surface area contributed by atoms with Gasteiger partial charge in [0.05, 0.1) is 18.8 Å². The predicted octanol–water partition coefficient (Wildman–Crippen LogP) is 2.14. The van der Waals surface area contributed by atoms with Gasteiger partial charge in [-0.05, 0) is 34.5 Å². The van der Waals surface area contributed by atoms with E-state index >= 15 is 0 Å². The highest BCUT2D eigenvalue weighted by Gasteiger charge is 2.22. The molecule has 1 aromatic rings. The van der Waals surface area contributed by atoms with Crippen LogP contribution in [-0.2, 0) is 9.53 Å². The van der Waals surface area contributed by atoms with E-state index in [4.69, 9.17) is 9.84 Å². The van der Waals surface area contributed by atoms with E-state index in [-0.39, 0.29) is 13.2 Å². The molecule has 0 fully saturated rings. The first-order chi connectivity index (χ1) is 9.47. The summed E-state index contributed by atoms with van der Waals surface area (Å²) in [5, 5.41) is 11.5. The topological polar surface area (TPSA) is 75.6 Å². The lowest BCUT2D eigenvalue weighted by Crippen LogP contribution is -2.44. The van der Waals surface area contributed by atoms with E-state index < -0.39 is 17.9 Å². The van der Waals surface area contributed by atoms with Gasteiger partial charge >= 0.3 is 5.97 Å². The number of carbonyl (C=O) groups is 2. The monoisotopic (exact) mass is 341 g/mol. The molecule has 1 amide bonds. The average molecular weight is 342 g/mol. The molecule has 0 heterocycles. The van der Waals surface area contributed by atoms with E-state index in [0.29, 0.717) is 10.0 Å². The Hall–Kier alpha value is -1.66. The van der Waals surface area contributed by atoms with E-state index in [0.717, 1.165) is 5.56 Å². The third-order valence-corrected chi connectivity index (χ3v) is 3.61. The van der Waals surface area contributed by atoms with Gasteiger partial charge in [0.1, 0.15) is 0 Å². The molecule has 0 aromatic heterocycles. The van der Waals surface area contributed by atoms with E-state index in [1.807, 2.05) is 13.0 Å². The van der Waals surface area contributed by atoms with Crippen LogP contribution in [0.1, 0.15) is 15.9 Å². The average Bonchev–Trinajstić information content (AvgIpc) is 2.40. The number of carboxylic acids is 1. The van der Waals surface area contributed by atoms with Crippen LogP contribution in [0.25, 0.3) is 0 Å². The highest BCUT2D eigenvalue weighted by Crippen LogP contribution is 2.20. The minimum absolute atomic E-state index is 0.115. The number of rotatable bonds is 7. The van der Waals surface area contributed by atoms with Crippen LogP contribution in [0.2, 0.25) is 0 Å². The van der Waals surface area contributed by atoms with E-state index in [1.165, 1.54) is 6.08 Å². The lowest BCUT2D eigenvalue weighted by atomic mass is 10.1. The van der Waals surface area contributed by atoms with Crippen molar-refractivity contribution in [3.8, 4) is 0 Å². The quantitative estimate of drug-likeness (QED) is 0.588. The second-order valence-corrected chi connectivity index (χ2v) is 4.92. The largest absolute Gasteiger partial charge is 0.480 e. The van der Waals surface area contributed by atoms with Crippen LogP contribution in [-0.4, -0.2) is 36.2 Å². The first-order valence-corrected chi connectivity index (χ1v) is 6.74. The van der Waals surface area contributed by atoms with Crippen LogP contribution in [0.3, 0.4) is 0 Å². The van der Waals surface area contributed by atoms with Crippen molar-refractivity contribution in [2.75, 3.05) is 13.2 Å². The van der Waals surface area contributed by atoms with Crippen LogP contribution in [0, 0.1) is 6.92 Å². The van der Waals surface area contributed by atoms with Crippen molar-refractivity contribution in [1.82, 2.24) is 5.32 Å². The van der Waals surface area contributed by atoms with Crippen molar-refractivity contribution >= 4 is 27.8 Å². The highest BCUT2D eigenvalue weighted by molar-refractivity contribution is 9.10. The molecule has 108 valence electrons. The molecule has 20 heavy (non-hydrogen) atoms. The molecule has 6 heteroatoms. The number of halogens is 1. The molecular weight excluding hydrogens is 326 g/mol. The molecule has 0 saturated carbocycles. The number of hydrogen-bond donors (Lipinski definition) is 2. The van der Waals surface area contributed by atoms with Gasteiger partial charge < -0.3 is 15.2 Å². The number of amides is 1. The number of hydrogen-bond acceptors (Lipinski definition) is 3. The van der Waals surface area contributed by atoms with E-state index in [9.17, 15) is 9.59 Å². The number of benzene rings is 1. The van der Waals surface area contributed by atoms with Crippen molar-refractivity contribution in [2.45, 2.75) is 13.0 Å². The third-order valence-electron chi connectivity index (χ3n) is 2.56. The molecule has 0 aliphatic rings. The molecule has 1 rings (SSSR count). The van der Waals surface area contributed by atoms with Crippen molar-refractivity contribution in [3.63, 3.8) is 0 Å². The molecule has 0 spiro atoms. The maximum Gasteiger partial charge on any atom is 0.328 e. The van der Waals surface area contributed by atoms with Crippen LogP contribution < -0.4 is 5.32 Å². The van der Waals surface area contributed by atoms with E-state index in [1.54, 1.807) is 12.1 Å². The number of carboxylic acid groups (broad SMARTS) is 1. The molecule has 0 aliphatic heterocycles. The second-order valence-electron chi connectivity index (χ2n) is 4.13. The predicted molar refractivity (Wildman–Crippen MR) is 78.8 cm³/mol. The summed E-state index contributed by atoms with van der Waals surface area (Å²) in [6.45, 7) is 5.43. The summed E-state index contributed by atoms with van der Waals surface area (Å²) in [6.07, 6.45) is 1.51. The first-order valence-electron chi connectivity index (χ1n) is 5.94. The van der Waals surface area contributed by atoms with Gasteiger partial charge in [0.15, 0.2) is 6.04 Å². The number of carbonyl (C=O) groups excluding carboxylic acids is 1. The van der Waals surface area contributed by atoms with Gasteiger partial charge in [0, 0.05) is 4.47 Å². The summed E-state index contributed by atoms with van der Waals surface area (Å²) in [5.74, 6) is -1.61. The molecule has 5 nitrogen and oxygen atoms in total. The zero-order chi connectivity index (χ0) is 15.1. The van der Waals surface area contributed by atoms with E-state index in [2.05, 4.69) is 27.8 Å². The third kappa shape index (κ3) is 4.47. The lowest BCUT2D eigenvalue weighted by molar-refractivity contribution is -0.140. The molecule has 0 saturated heterocycles. The van der Waals surface area contributed by atoms with Crippen molar-refractivity contribution in [2.24, 2.45) is 0 Å². The number of aliphatic carboxylic acids is 1. The maximum absolute atomic E-state index is 12.1. The highest BCUT2D eigenvalue weighted by atomic mass is 79.9. The SMILES string of the molecule is C=CCOCC(NC(=O)c1cccc(C)c1Br)C(=O)O. The lowest BCUT2D eigenvalue weighted by Gasteiger charge is -2.15. The molecule has 1 atom stereocenters. The molecule has 1 aromatic carbocycles. The Kier molecular flexibility index (Phi) is 6.41. The van der Waals surface area contributed by atoms with Crippen LogP contribution in [0.15, 0.2) is 35.3 Å². The van der Waals surface area contributed by atoms with Gasteiger partial charge in [-0.25, -0.2) is 4.79 Å². The molecule has 0 bridgehead atoms. The Labute approximate surface area is 125 Å². The fraction of sp³-hybridized carbons (Fsp3) is 0.286. The second kappa shape index (κ2) is 7.81. The number of ether oxygens (including phenoxy) is 1. The zero-order valence-electron chi connectivity index (χ0n) is 11.1. The molecule has 0 aliphatic carbocycles. The fourth-order valence-corrected chi connectivity index (χ4v) is 1.95. The zero-order valence-corrected chi connectivity index (χ0v) is 12.6. The Morgan fingerprint density at radius 2 is 2.25 bits per heavy atom. The normalized spacial score (nSPS) is 11.7. The van der Waals surface area contributed by atoms with Crippen molar-refractivity contribution in [1.29, 1.82) is 0 Å². The molecular formula is C14H16BrNO4. The van der Waals surface area contributed by atoms with Gasteiger partial charge in [-0.15, -0.1) is 6.58 Å². The summed E-state index contributed by atoms with van der Waals surface area (Å²) in [5.41, 5.74) is 1.28. The maximum atomic E-state index is 12.1. The van der Waals surface area contributed by atoms with Crippen LogP contribution in [0.5, 0.6) is 0 Å². The van der Waals surface area contributed by atoms with Crippen molar-refractivity contribution < 1.29 is 19.4 Å². The summed E-state index contributed by atoms with van der Waals surface area (Å²) in [4.78, 5) is 23.2. The van der Waals surface area contributed by atoms with Gasteiger partial charge in [-0.1, -0.05) is 18.2 Å². The van der Waals surface area contributed by atoms with Crippen LogP contribution >= 0.6 is 15.9 Å². The molecule has 1 unspecified atom stereocenters. The summed E-state index contributed by atoms with van der Waals surface area (Å²) in [6, 6.07) is 4.10. The number of nitrogens with one attached hydrogen (secondary N) is 1.